The molecule has 2 amide bonds. The van der Waals surface area contributed by atoms with Crippen LogP contribution in [0.3, 0.4) is 0 Å². The second-order valence-electron chi connectivity index (χ2n) is 5.12. The fourth-order valence-corrected chi connectivity index (χ4v) is 3.29. The third-order valence-electron chi connectivity index (χ3n) is 3.48. The number of nitrogens with zero attached hydrogens (tertiary/aromatic N) is 1. The van der Waals surface area contributed by atoms with Gasteiger partial charge in [-0.05, 0) is 6.42 Å². The summed E-state index contributed by atoms with van der Waals surface area (Å²) in [5, 5.41) is 12.0. The molecular weight excluding hydrogens is 276 g/mol. The molecule has 5 nitrogen and oxygen atoms in total. The first kappa shape index (κ1) is 17.1. The second kappa shape index (κ2) is 9.91. The van der Waals surface area contributed by atoms with Crippen LogP contribution in [0.4, 0.5) is 4.79 Å². The van der Waals surface area contributed by atoms with Gasteiger partial charge < -0.3 is 15.3 Å². The molecule has 1 heterocycles. The topological polar surface area (TPSA) is 69.6 Å². The Labute approximate surface area is 125 Å². The van der Waals surface area contributed by atoms with Crippen LogP contribution < -0.4 is 5.32 Å². The van der Waals surface area contributed by atoms with E-state index >= 15 is 0 Å². The van der Waals surface area contributed by atoms with E-state index in [2.05, 4.69) is 12.2 Å². The highest BCUT2D eigenvalue weighted by Crippen LogP contribution is 2.16. The molecule has 1 atom stereocenters. The van der Waals surface area contributed by atoms with Crippen LogP contribution in [0.25, 0.3) is 0 Å². The van der Waals surface area contributed by atoms with Crippen molar-refractivity contribution in [2.45, 2.75) is 51.5 Å². The summed E-state index contributed by atoms with van der Waals surface area (Å²) in [4.78, 5) is 24.6. The van der Waals surface area contributed by atoms with Gasteiger partial charge in [-0.15, -0.1) is 0 Å². The Balaban J connectivity index is 2.19. The van der Waals surface area contributed by atoms with E-state index in [0.717, 1.165) is 18.6 Å². The van der Waals surface area contributed by atoms with Crippen molar-refractivity contribution in [1.29, 1.82) is 0 Å². The number of urea groups is 1. The van der Waals surface area contributed by atoms with E-state index in [1.54, 1.807) is 11.8 Å². The molecule has 0 spiro atoms. The highest BCUT2D eigenvalue weighted by atomic mass is 32.2. The quantitative estimate of drug-likeness (QED) is 0.676. The van der Waals surface area contributed by atoms with Gasteiger partial charge in [0.2, 0.25) is 0 Å². The first-order valence-electron chi connectivity index (χ1n) is 7.51. The molecule has 0 saturated carbocycles. The monoisotopic (exact) mass is 302 g/mol. The number of unbranched alkanes of at least 4 members (excludes halogenated alkanes) is 5. The minimum Gasteiger partial charge on any atom is -0.480 e. The zero-order valence-corrected chi connectivity index (χ0v) is 13.1. The van der Waals surface area contributed by atoms with Crippen LogP contribution in [0.5, 0.6) is 0 Å². The number of rotatable bonds is 8. The van der Waals surface area contributed by atoms with Crippen LogP contribution in [0.15, 0.2) is 0 Å². The van der Waals surface area contributed by atoms with Crippen LogP contribution in [0.2, 0.25) is 0 Å². The van der Waals surface area contributed by atoms with Gasteiger partial charge in [0.05, 0.1) is 0 Å². The lowest BCUT2D eigenvalue weighted by atomic mass is 10.1. The average molecular weight is 302 g/mol. The largest absolute Gasteiger partial charge is 0.480 e. The van der Waals surface area contributed by atoms with E-state index in [0.29, 0.717) is 18.8 Å². The number of hydrogen-bond acceptors (Lipinski definition) is 3. The number of nitrogens with one attached hydrogen (secondary N) is 1. The van der Waals surface area contributed by atoms with Crippen molar-refractivity contribution < 1.29 is 14.7 Å². The Bertz CT molecular complexity index is 313. The summed E-state index contributed by atoms with van der Waals surface area (Å²) in [6, 6.07) is -0.912. The first-order valence-corrected chi connectivity index (χ1v) is 8.67. The minimum atomic E-state index is -0.910. The number of carboxylic acid groups (broad SMARTS) is 1. The van der Waals surface area contributed by atoms with Crippen molar-refractivity contribution in [1.82, 2.24) is 10.2 Å². The molecule has 0 bridgehead atoms. The minimum absolute atomic E-state index is 0.230. The van der Waals surface area contributed by atoms with Gasteiger partial charge in [-0.3, -0.25) is 0 Å². The zero-order chi connectivity index (χ0) is 14.8. The van der Waals surface area contributed by atoms with Crippen molar-refractivity contribution in [3.05, 3.63) is 0 Å². The molecule has 6 heteroatoms. The molecule has 0 aliphatic carbocycles. The van der Waals surface area contributed by atoms with E-state index in [-0.39, 0.29) is 6.03 Å². The molecule has 1 fully saturated rings. The van der Waals surface area contributed by atoms with Gasteiger partial charge in [0, 0.05) is 24.6 Å². The fraction of sp³-hybridized carbons (Fsp3) is 0.857. The number of carboxylic acids is 1. The summed E-state index contributed by atoms with van der Waals surface area (Å²) in [6.45, 7) is 3.35. The summed E-state index contributed by atoms with van der Waals surface area (Å²) >= 11 is 1.59. The van der Waals surface area contributed by atoms with Gasteiger partial charge in [-0.1, -0.05) is 39.0 Å². The molecule has 116 valence electrons. The Morgan fingerprint density at radius 2 is 1.95 bits per heavy atom. The predicted octanol–water partition coefficient (Wildman–Crippen LogP) is 2.56. The standard InChI is InChI=1S/C14H26N2O3S/c1-2-3-4-5-6-7-8-15-14(19)16-9-10-20-11-12(16)13(17)18/h12H,2-11H2,1H3,(H,15,19)(H,17,18). The van der Waals surface area contributed by atoms with Crippen LogP contribution in [-0.4, -0.2) is 52.6 Å². The number of carbonyl (C=O) groups excluding carboxylic acids is 1. The van der Waals surface area contributed by atoms with Gasteiger partial charge >= 0.3 is 12.0 Å². The Kier molecular flexibility index (Phi) is 8.49. The molecule has 0 aromatic heterocycles. The van der Waals surface area contributed by atoms with Crippen LogP contribution in [0, 0.1) is 0 Å². The molecule has 0 radical (unpaired) electrons. The summed E-state index contributed by atoms with van der Waals surface area (Å²) in [5.74, 6) is 0.389. The van der Waals surface area contributed by atoms with E-state index in [4.69, 9.17) is 5.11 Å². The maximum Gasteiger partial charge on any atom is 0.327 e. The number of amides is 2. The molecule has 0 aromatic carbocycles. The third-order valence-corrected chi connectivity index (χ3v) is 4.50. The van der Waals surface area contributed by atoms with Crippen molar-refractivity contribution in [2.75, 3.05) is 24.6 Å². The third kappa shape index (κ3) is 6.03. The smallest absolute Gasteiger partial charge is 0.327 e. The molecule has 1 rings (SSSR count). The van der Waals surface area contributed by atoms with Gasteiger partial charge in [0.15, 0.2) is 0 Å². The van der Waals surface area contributed by atoms with Crippen molar-refractivity contribution >= 4 is 23.8 Å². The fourth-order valence-electron chi connectivity index (χ4n) is 2.25. The second-order valence-corrected chi connectivity index (χ2v) is 6.27. The molecular formula is C14H26N2O3S. The molecule has 2 N–H and O–H groups in total. The maximum absolute atomic E-state index is 12.0. The highest BCUT2D eigenvalue weighted by Gasteiger charge is 2.32. The number of carbonyl (C=O) groups is 2. The lowest BCUT2D eigenvalue weighted by molar-refractivity contribution is -0.141. The molecule has 1 unspecified atom stereocenters. The number of aliphatic carboxylic acids is 1. The molecule has 1 aliphatic rings. The molecule has 0 aromatic rings. The summed E-state index contributed by atoms with van der Waals surface area (Å²) in [6.07, 6.45) is 7.07. The maximum atomic E-state index is 12.0. The van der Waals surface area contributed by atoms with E-state index in [9.17, 15) is 9.59 Å². The van der Waals surface area contributed by atoms with Crippen LogP contribution >= 0.6 is 11.8 Å². The first-order chi connectivity index (χ1) is 9.66. The summed E-state index contributed by atoms with van der Waals surface area (Å²) in [7, 11) is 0. The number of hydrogen-bond donors (Lipinski definition) is 2. The predicted molar refractivity (Wildman–Crippen MR) is 82.2 cm³/mol. The van der Waals surface area contributed by atoms with E-state index in [1.807, 2.05) is 0 Å². The van der Waals surface area contributed by atoms with Gasteiger partial charge in [-0.25, -0.2) is 9.59 Å². The average Bonchev–Trinajstić information content (AvgIpc) is 2.46. The number of thioether (sulfide) groups is 1. The normalized spacial score (nSPS) is 18.9. The van der Waals surface area contributed by atoms with E-state index < -0.39 is 12.0 Å². The Morgan fingerprint density at radius 1 is 1.25 bits per heavy atom. The van der Waals surface area contributed by atoms with Crippen molar-refractivity contribution in [3.63, 3.8) is 0 Å². The zero-order valence-electron chi connectivity index (χ0n) is 12.3. The van der Waals surface area contributed by atoms with Gasteiger partial charge in [-0.2, -0.15) is 11.8 Å². The van der Waals surface area contributed by atoms with Crippen molar-refractivity contribution in [2.24, 2.45) is 0 Å². The van der Waals surface area contributed by atoms with Crippen LogP contribution in [-0.2, 0) is 4.79 Å². The Hall–Kier alpha value is -0.910. The lowest BCUT2D eigenvalue weighted by Crippen LogP contribution is -2.53. The molecule has 1 aliphatic heterocycles. The molecule has 1 saturated heterocycles. The summed E-state index contributed by atoms with van der Waals surface area (Å²) < 4.78 is 0. The van der Waals surface area contributed by atoms with Gasteiger partial charge in [0.1, 0.15) is 6.04 Å². The summed E-state index contributed by atoms with van der Waals surface area (Å²) in [5.41, 5.74) is 0. The Morgan fingerprint density at radius 3 is 2.65 bits per heavy atom. The molecule has 20 heavy (non-hydrogen) atoms. The lowest BCUT2D eigenvalue weighted by Gasteiger charge is -2.32. The van der Waals surface area contributed by atoms with E-state index in [1.165, 1.54) is 30.6 Å². The highest BCUT2D eigenvalue weighted by molar-refractivity contribution is 7.99. The van der Waals surface area contributed by atoms with Gasteiger partial charge in [0.25, 0.3) is 0 Å². The van der Waals surface area contributed by atoms with Crippen molar-refractivity contribution in [3.8, 4) is 0 Å². The van der Waals surface area contributed by atoms with Crippen LogP contribution in [0.1, 0.15) is 45.4 Å². The SMILES string of the molecule is CCCCCCCCNC(=O)N1CCSCC1C(=O)O.